The van der Waals surface area contributed by atoms with Gasteiger partial charge in [-0.25, -0.2) is 4.39 Å². The van der Waals surface area contributed by atoms with Crippen molar-refractivity contribution in [3.8, 4) is 5.75 Å². The number of benzene rings is 1. The van der Waals surface area contributed by atoms with Gasteiger partial charge in [-0.2, -0.15) is 5.10 Å². The summed E-state index contributed by atoms with van der Waals surface area (Å²) < 4.78 is 18.4. The molecule has 18 heavy (non-hydrogen) atoms. The normalized spacial score (nSPS) is 10.4. The number of aromatic amines is 1. The minimum absolute atomic E-state index is 0.342. The molecule has 94 valence electrons. The van der Waals surface area contributed by atoms with E-state index in [1.807, 2.05) is 0 Å². The number of ether oxygens (including phenoxy) is 1. The zero-order chi connectivity index (χ0) is 13.1. The van der Waals surface area contributed by atoms with Gasteiger partial charge in [0.1, 0.15) is 11.6 Å². The summed E-state index contributed by atoms with van der Waals surface area (Å²) in [7, 11) is 1.52. The lowest BCUT2D eigenvalue weighted by Gasteiger charge is -2.07. The number of carbonyl (C=O) groups is 1. The zero-order valence-corrected chi connectivity index (χ0v) is 10.2. The number of rotatable bonds is 4. The largest absolute Gasteiger partial charge is 0.496 e. The molecule has 0 fully saturated rings. The van der Waals surface area contributed by atoms with Crippen LogP contribution in [0.4, 0.5) is 4.39 Å². The number of nitrogens with zero attached hydrogens (tertiary/aromatic N) is 1. The SMILES string of the molecule is COc1ccc(F)cc1Cc1n[nH]c(C)c1C=O. The first-order chi connectivity index (χ1) is 8.65. The van der Waals surface area contributed by atoms with E-state index in [1.165, 1.54) is 19.2 Å². The summed E-state index contributed by atoms with van der Waals surface area (Å²) in [5.74, 6) is 0.236. The molecule has 0 amide bonds. The summed E-state index contributed by atoms with van der Waals surface area (Å²) in [6.45, 7) is 1.77. The first-order valence-corrected chi connectivity index (χ1v) is 5.47. The van der Waals surface area contributed by atoms with E-state index in [4.69, 9.17) is 4.74 Å². The zero-order valence-electron chi connectivity index (χ0n) is 10.2. The Kier molecular flexibility index (Phi) is 3.41. The van der Waals surface area contributed by atoms with E-state index in [2.05, 4.69) is 10.2 Å². The first kappa shape index (κ1) is 12.3. The highest BCUT2D eigenvalue weighted by atomic mass is 19.1. The molecular formula is C13H13FN2O2. The predicted octanol–water partition coefficient (Wildman–Crippen LogP) is 2.27. The van der Waals surface area contributed by atoms with Gasteiger partial charge >= 0.3 is 0 Å². The maximum Gasteiger partial charge on any atom is 0.153 e. The molecule has 0 atom stereocenters. The van der Waals surface area contributed by atoms with Gasteiger partial charge in [0.2, 0.25) is 0 Å². The van der Waals surface area contributed by atoms with Crippen LogP contribution in [0, 0.1) is 12.7 Å². The number of carbonyl (C=O) groups excluding carboxylic acids is 1. The molecule has 1 heterocycles. The predicted molar refractivity (Wildman–Crippen MR) is 64.5 cm³/mol. The van der Waals surface area contributed by atoms with Crippen molar-refractivity contribution in [2.24, 2.45) is 0 Å². The van der Waals surface area contributed by atoms with E-state index >= 15 is 0 Å². The molecule has 0 bridgehead atoms. The van der Waals surface area contributed by atoms with Gasteiger partial charge in [0.25, 0.3) is 0 Å². The fourth-order valence-electron chi connectivity index (χ4n) is 1.85. The summed E-state index contributed by atoms with van der Waals surface area (Å²) in [6.07, 6.45) is 1.10. The number of hydrogen-bond donors (Lipinski definition) is 1. The molecular weight excluding hydrogens is 235 g/mol. The third-order valence-corrected chi connectivity index (χ3v) is 2.79. The molecule has 0 radical (unpaired) electrons. The Balaban J connectivity index is 2.38. The molecule has 4 nitrogen and oxygen atoms in total. The Labute approximate surface area is 104 Å². The first-order valence-electron chi connectivity index (χ1n) is 5.47. The van der Waals surface area contributed by atoms with Crippen LogP contribution in [0.3, 0.4) is 0 Å². The van der Waals surface area contributed by atoms with Crippen LogP contribution in [0.2, 0.25) is 0 Å². The molecule has 2 rings (SSSR count). The molecule has 0 unspecified atom stereocenters. The second kappa shape index (κ2) is 5.00. The van der Waals surface area contributed by atoms with Crippen molar-refractivity contribution in [1.82, 2.24) is 10.2 Å². The Morgan fingerprint density at radius 3 is 2.94 bits per heavy atom. The van der Waals surface area contributed by atoms with E-state index in [0.717, 1.165) is 6.29 Å². The molecule has 0 aliphatic heterocycles. The van der Waals surface area contributed by atoms with Gasteiger partial charge in [0.05, 0.1) is 18.4 Å². The van der Waals surface area contributed by atoms with Gasteiger partial charge in [-0.3, -0.25) is 9.89 Å². The van der Waals surface area contributed by atoms with E-state index in [9.17, 15) is 9.18 Å². The van der Waals surface area contributed by atoms with Crippen molar-refractivity contribution in [3.05, 3.63) is 46.5 Å². The highest BCUT2D eigenvalue weighted by Gasteiger charge is 2.13. The lowest BCUT2D eigenvalue weighted by Crippen LogP contribution is -1.98. The number of aryl methyl sites for hydroxylation is 1. The highest BCUT2D eigenvalue weighted by Crippen LogP contribution is 2.23. The van der Waals surface area contributed by atoms with Gasteiger partial charge in [-0.1, -0.05) is 0 Å². The lowest BCUT2D eigenvalue weighted by molar-refractivity contribution is 0.112. The summed E-state index contributed by atoms with van der Waals surface area (Å²) in [4.78, 5) is 11.0. The molecule has 1 N–H and O–H groups in total. The summed E-state index contributed by atoms with van der Waals surface area (Å²) in [6, 6.07) is 4.28. The van der Waals surface area contributed by atoms with Gasteiger partial charge in [-0.05, 0) is 25.1 Å². The summed E-state index contributed by atoms with van der Waals surface area (Å²) in [5, 5.41) is 6.80. The number of methoxy groups -OCH3 is 1. The van der Waals surface area contributed by atoms with Crippen LogP contribution in [-0.2, 0) is 6.42 Å². The molecule has 0 aliphatic carbocycles. The monoisotopic (exact) mass is 248 g/mol. The average Bonchev–Trinajstić information content (AvgIpc) is 2.70. The number of aromatic nitrogens is 2. The van der Waals surface area contributed by atoms with Crippen molar-refractivity contribution in [2.45, 2.75) is 13.3 Å². The van der Waals surface area contributed by atoms with Gasteiger partial charge in [0, 0.05) is 17.7 Å². The topological polar surface area (TPSA) is 55.0 Å². The Morgan fingerprint density at radius 1 is 1.50 bits per heavy atom. The van der Waals surface area contributed by atoms with Crippen LogP contribution in [0.25, 0.3) is 0 Å². The summed E-state index contributed by atoms with van der Waals surface area (Å²) >= 11 is 0. The second-order valence-electron chi connectivity index (χ2n) is 3.96. The third kappa shape index (κ3) is 2.25. The van der Waals surface area contributed by atoms with Crippen molar-refractivity contribution < 1.29 is 13.9 Å². The van der Waals surface area contributed by atoms with Gasteiger partial charge in [-0.15, -0.1) is 0 Å². The number of H-pyrrole nitrogens is 1. The number of nitrogens with one attached hydrogen (secondary N) is 1. The average molecular weight is 248 g/mol. The van der Waals surface area contributed by atoms with Crippen molar-refractivity contribution in [1.29, 1.82) is 0 Å². The smallest absolute Gasteiger partial charge is 0.153 e. The quantitative estimate of drug-likeness (QED) is 0.844. The molecule has 0 saturated heterocycles. The van der Waals surface area contributed by atoms with Crippen LogP contribution < -0.4 is 4.74 Å². The maximum absolute atomic E-state index is 13.2. The molecule has 5 heteroatoms. The molecule has 1 aromatic heterocycles. The minimum Gasteiger partial charge on any atom is -0.496 e. The second-order valence-corrected chi connectivity index (χ2v) is 3.96. The van der Waals surface area contributed by atoms with Crippen LogP contribution in [-0.4, -0.2) is 23.6 Å². The third-order valence-electron chi connectivity index (χ3n) is 2.79. The fraction of sp³-hybridized carbons (Fsp3) is 0.231. The van der Waals surface area contributed by atoms with Crippen LogP contribution in [0.5, 0.6) is 5.75 Å². The van der Waals surface area contributed by atoms with E-state index in [-0.39, 0.29) is 5.82 Å². The molecule has 0 aliphatic rings. The number of hydrogen-bond acceptors (Lipinski definition) is 3. The van der Waals surface area contributed by atoms with Crippen LogP contribution in [0.1, 0.15) is 27.3 Å². The Bertz CT molecular complexity index is 578. The van der Waals surface area contributed by atoms with Crippen LogP contribution >= 0.6 is 0 Å². The highest BCUT2D eigenvalue weighted by molar-refractivity contribution is 5.78. The number of halogens is 1. The van der Waals surface area contributed by atoms with Crippen molar-refractivity contribution in [2.75, 3.05) is 7.11 Å². The standard InChI is InChI=1S/C13H13FN2O2/c1-8-11(7-17)12(16-15-8)6-9-5-10(14)3-4-13(9)18-2/h3-5,7H,6H2,1-2H3,(H,15,16). The molecule has 1 aromatic carbocycles. The number of aldehydes is 1. The summed E-state index contributed by atoms with van der Waals surface area (Å²) in [5.41, 5.74) is 2.47. The van der Waals surface area contributed by atoms with Crippen molar-refractivity contribution in [3.63, 3.8) is 0 Å². The van der Waals surface area contributed by atoms with E-state index < -0.39 is 0 Å². The Morgan fingerprint density at radius 2 is 2.28 bits per heavy atom. The minimum atomic E-state index is -0.342. The van der Waals surface area contributed by atoms with Crippen LogP contribution in [0.15, 0.2) is 18.2 Å². The maximum atomic E-state index is 13.2. The molecule has 0 spiro atoms. The van der Waals surface area contributed by atoms with E-state index in [0.29, 0.717) is 34.7 Å². The molecule has 0 saturated carbocycles. The van der Waals surface area contributed by atoms with E-state index in [1.54, 1.807) is 13.0 Å². The fourth-order valence-corrected chi connectivity index (χ4v) is 1.85. The van der Waals surface area contributed by atoms with Crippen molar-refractivity contribution >= 4 is 6.29 Å². The Hall–Kier alpha value is -2.17. The lowest BCUT2D eigenvalue weighted by atomic mass is 10.0. The van der Waals surface area contributed by atoms with Gasteiger partial charge < -0.3 is 4.74 Å². The molecule has 2 aromatic rings. The van der Waals surface area contributed by atoms with Gasteiger partial charge in [0.15, 0.2) is 6.29 Å².